The molecule has 5 heteroatoms. The maximum atomic E-state index is 12.0. The molecule has 20 heavy (non-hydrogen) atoms. The molecule has 1 heterocycles. The van der Waals surface area contributed by atoms with E-state index in [-0.39, 0.29) is 12.6 Å². The largest absolute Gasteiger partial charge is 0.455 e. The number of hydrogen-bond acceptors (Lipinski definition) is 4. The summed E-state index contributed by atoms with van der Waals surface area (Å²) in [5, 5.41) is 4.33. The van der Waals surface area contributed by atoms with E-state index in [2.05, 4.69) is 5.10 Å². The SMILES string of the molecule is Cc1cc(N)ccc1C(=O)OCc1ccn(C(C)C)n1. The van der Waals surface area contributed by atoms with Crippen molar-refractivity contribution in [3.63, 3.8) is 0 Å². The second kappa shape index (κ2) is 5.77. The first-order chi connectivity index (χ1) is 9.47. The molecule has 5 nitrogen and oxygen atoms in total. The molecule has 0 unspecified atom stereocenters. The Morgan fingerprint density at radius 2 is 2.15 bits per heavy atom. The minimum Gasteiger partial charge on any atom is -0.455 e. The van der Waals surface area contributed by atoms with Gasteiger partial charge in [0.2, 0.25) is 0 Å². The molecule has 0 aliphatic heterocycles. The van der Waals surface area contributed by atoms with Crippen molar-refractivity contribution < 1.29 is 9.53 Å². The summed E-state index contributed by atoms with van der Waals surface area (Å²) in [5.74, 6) is -0.360. The summed E-state index contributed by atoms with van der Waals surface area (Å²) in [6.45, 7) is 6.09. The third kappa shape index (κ3) is 3.17. The van der Waals surface area contributed by atoms with Gasteiger partial charge in [0.25, 0.3) is 0 Å². The van der Waals surface area contributed by atoms with Gasteiger partial charge in [-0.05, 0) is 50.6 Å². The molecule has 1 aromatic carbocycles. The fourth-order valence-electron chi connectivity index (χ4n) is 1.88. The number of benzene rings is 1. The first kappa shape index (κ1) is 14.1. The van der Waals surface area contributed by atoms with Gasteiger partial charge >= 0.3 is 5.97 Å². The summed E-state index contributed by atoms with van der Waals surface area (Å²) in [7, 11) is 0. The summed E-state index contributed by atoms with van der Waals surface area (Å²) in [4.78, 5) is 12.0. The molecule has 0 saturated carbocycles. The highest BCUT2D eigenvalue weighted by atomic mass is 16.5. The number of ether oxygens (including phenoxy) is 1. The van der Waals surface area contributed by atoms with Gasteiger partial charge in [-0.3, -0.25) is 4.68 Å². The Balaban J connectivity index is 2.01. The molecule has 0 atom stereocenters. The van der Waals surface area contributed by atoms with E-state index in [4.69, 9.17) is 10.5 Å². The number of hydrogen-bond donors (Lipinski definition) is 1. The van der Waals surface area contributed by atoms with E-state index < -0.39 is 0 Å². The number of esters is 1. The highest BCUT2D eigenvalue weighted by Crippen LogP contribution is 2.14. The van der Waals surface area contributed by atoms with Gasteiger partial charge in [-0.15, -0.1) is 0 Å². The van der Waals surface area contributed by atoms with Gasteiger partial charge in [0, 0.05) is 17.9 Å². The average molecular weight is 273 g/mol. The topological polar surface area (TPSA) is 70.1 Å². The van der Waals surface area contributed by atoms with Crippen LogP contribution >= 0.6 is 0 Å². The quantitative estimate of drug-likeness (QED) is 0.687. The lowest BCUT2D eigenvalue weighted by molar-refractivity contribution is 0.0466. The second-order valence-corrected chi connectivity index (χ2v) is 5.03. The van der Waals surface area contributed by atoms with Gasteiger partial charge in [-0.2, -0.15) is 5.10 Å². The lowest BCUT2D eigenvalue weighted by Crippen LogP contribution is -2.08. The Labute approximate surface area is 118 Å². The zero-order valence-electron chi connectivity index (χ0n) is 12.0. The molecule has 0 spiro atoms. The number of aryl methyl sites for hydroxylation is 1. The predicted octanol–water partition coefficient (Wildman–Crippen LogP) is 2.71. The number of carbonyl (C=O) groups excluding carboxylic acids is 1. The van der Waals surface area contributed by atoms with Crippen molar-refractivity contribution in [1.82, 2.24) is 9.78 Å². The van der Waals surface area contributed by atoms with Crippen LogP contribution in [0.15, 0.2) is 30.5 Å². The molecule has 2 N–H and O–H groups in total. The number of carbonyl (C=O) groups is 1. The molecule has 2 rings (SSSR count). The molecular weight excluding hydrogens is 254 g/mol. The lowest BCUT2D eigenvalue weighted by atomic mass is 10.1. The number of anilines is 1. The third-order valence-electron chi connectivity index (χ3n) is 3.01. The Kier molecular flexibility index (Phi) is 4.08. The van der Waals surface area contributed by atoms with Gasteiger partial charge in [-0.1, -0.05) is 0 Å². The zero-order valence-corrected chi connectivity index (χ0v) is 12.0. The van der Waals surface area contributed by atoms with E-state index in [0.717, 1.165) is 11.3 Å². The highest BCUT2D eigenvalue weighted by Gasteiger charge is 2.11. The predicted molar refractivity (Wildman–Crippen MR) is 77.3 cm³/mol. The lowest BCUT2D eigenvalue weighted by Gasteiger charge is -2.07. The number of nitrogen functional groups attached to an aromatic ring is 1. The van der Waals surface area contributed by atoms with Crippen LogP contribution in [0, 0.1) is 6.92 Å². The summed E-state index contributed by atoms with van der Waals surface area (Å²) >= 11 is 0. The maximum Gasteiger partial charge on any atom is 0.338 e. The van der Waals surface area contributed by atoms with E-state index in [9.17, 15) is 4.79 Å². The molecule has 2 aromatic rings. The fourth-order valence-corrected chi connectivity index (χ4v) is 1.88. The average Bonchev–Trinajstić information content (AvgIpc) is 2.85. The van der Waals surface area contributed by atoms with Crippen LogP contribution in [0.1, 0.15) is 41.5 Å². The molecule has 0 aliphatic rings. The van der Waals surface area contributed by atoms with E-state index in [1.807, 2.05) is 37.7 Å². The molecule has 0 fully saturated rings. The summed E-state index contributed by atoms with van der Waals surface area (Å²) in [6, 6.07) is 7.27. The Hall–Kier alpha value is -2.30. The van der Waals surface area contributed by atoms with Crippen LogP contribution in [-0.4, -0.2) is 15.7 Å². The van der Waals surface area contributed by atoms with Gasteiger partial charge in [0.1, 0.15) is 6.61 Å². The van der Waals surface area contributed by atoms with Crippen molar-refractivity contribution in [2.24, 2.45) is 0 Å². The Morgan fingerprint density at radius 3 is 2.75 bits per heavy atom. The number of nitrogens with zero attached hydrogens (tertiary/aromatic N) is 2. The van der Waals surface area contributed by atoms with E-state index in [1.165, 1.54) is 0 Å². The van der Waals surface area contributed by atoms with Gasteiger partial charge in [-0.25, -0.2) is 4.79 Å². The van der Waals surface area contributed by atoms with Gasteiger partial charge in [0.15, 0.2) is 0 Å². The van der Waals surface area contributed by atoms with Crippen molar-refractivity contribution in [3.8, 4) is 0 Å². The number of rotatable bonds is 4. The zero-order chi connectivity index (χ0) is 14.7. The van der Waals surface area contributed by atoms with Crippen LogP contribution in [0.2, 0.25) is 0 Å². The van der Waals surface area contributed by atoms with Crippen molar-refractivity contribution in [1.29, 1.82) is 0 Å². The summed E-state index contributed by atoms with van der Waals surface area (Å²) in [5.41, 5.74) is 8.37. The monoisotopic (exact) mass is 273 g/mol. The molecular formula is C15H19N3O2. The summed E-state index contributed by atoms with van der Waals surface area (Å²) in [6.07, 6.45) is 1.88. The van der Waals surface area contributed by atoms with E-state index >= 15 is 0 Å². The fraction of sp³-hybridized carbons (Fsp3) is 0.333. The second-order valence-electron chi connectivity index (χ2n) is 5.03. The third-order valence-corrected chi connectivity index (χ3v) is 3.01. The van der Waals surface area contributed by atoms with Crippen molar-refractivity contribution >= 4 is 11.7 Å². The minimum atomic E-state index is -0.360. The molecule has 106 valence electrons. The smallest absolute Gasteiger partial charge is 0.338 e. The molecule has 0 aliphatic carbocycles. The molecule has 0 radical (unpaired) electrons. The van der Waals surface area contributed by atoms with Crippen LogP contribution in [0.3, 0.4) is 0 Å². The van der Waals surface area contributed by atoms with E-state index in [0.29, 0.717) is 17.3 Å². The van der Waals surface area contributed by atoms with Crippen LogP contribution in [-0.2, 0) is 11.3 Å². The van der Waals surface area contributed by atoms with Crippen molar-refractivity contribution in [2.75, 3.05) is 5.73 Å². The van der Waals surface area contributed by atoms with E-state index in [1.54, 1.807) is 18.2 Å². The minimum absolute atomic E-state index is 0.169. The van der Waals surface area contributed by atoms with Crippen LogP contribution in [0.5, 0.6) is 0 Å². The summed E-state index contributed by atoms with van der Waals surface area (Å²) < 4.78 is 7.10. The van der Waals surface area contributed by atoms with Crippen LogP contribution in [0.4, 0.5) is 5.69 Å². The number of aromatic nitrogens is 2. The van der Waals surface area contributed by atoms with Crippen LogP contribution < -0.4 is 5.73 Å². The molecule has 0 amide bonds. The number of nitrogens with two attached hydrogens (primary N) is 1. The van der Waals surface area contributed by atoms with Gasteiger partial charge < -0.3 is 10.5 Å². The van der Waals surface area contributed by atoms with Crippen LogP contribution in [0.25, 0.3) is 0 Å². The Morgan fingerprint density at radius 1 is 1.40 bits per heavy atom. The molecule has 1 aromatic heterocycles. The Bertz CT molecular complexity index is 617. The van der Waals surface area contributed by atoms with Crippen molar-refractivity contribution in [2.45, 2.75) is 33.4 Å². The first-order valence-electron chi connectivity index (χ1n) is 6.54. The van der Waals surface area contributed by atoms with Gasteiger partial charge in [0.05, 0.1) is 11.3 Å². The highest BCUT2D eigenvalue weighted by molar-refractivity contribution is 5.91. The first-order valence-corrected chi connectivity index (χ1v) is 6.54. The van der Waals surface area contributed by atoms with Crippen molar-refractivity contribution in [3.05, 3.63) is 47.3 Å². The maximum absolute atomic E-state index is 12.0. The molecule has 0 saturated heterocycles. The normalized spacial score (nSPS) is 10.8. The standard InChI is InChI=1S/C15H19N3O2/c1-10(2)18-7-6-13(17-18)9-20-15(19)14-5-4-12(16)8-11(14)3/h4-8,10H,9,16H2,1-3H3. The molecule has 0 bridgehead atoms.